The van der Waals surface area contributed by atoms with Gasteiger partial charge in [0.25, 0.3) is 0 Å². The van der Waals surface area contributed by atoms with Crippen LogP contribution in [0.15, 0.2) is 34.2 Å². The highest BCUT2D eigenvalue weighted by atomic mass is 35.5. The van der Waals surface area contributed by atoms with Crippen molar-refractivity contribution in [3.63, 3.8) is 0 Å². The molecule has 0 atom stereocenters. The van der Waals surface area contributed by atoms with E-state index in [-0.39, 0.29) is 12.5 Å². The van der Waals surface area contributed by atoms with E-state index >= 15 is 0 Å². The molecule has 0 spiro atoms. The van der Waals surface area contributed by atoms with Crippen LogP contribution < -0.4 is 10.6 Å². The van der Waals surface area contributed by atoms with Crippen molar-refractivity contribution in [2.75, 3.05) is 52.6 Å². The van der Waals surface area contributed by atoms with Gasteiger partial charge in [-0.25, -0.2) is 4.99 Å². The smallest absolute Gasteiger partial charge is 0.243 e. The van der Waals surface area contributed by atoms with Gasteiger partial charge in [0.2, 0.25) is 5.91 Å². The van der Waals surface area contributed by atoms with Crippen molar-refractivity contribution in [1.82, 2.24) is 20.4 Å². The molecule has 1 saturated heterocycles. The van der Waals surface area contributed by atoms with Crippen LogP contribution in [0.1, 0.15) is 26.2 Å². The average Bonchev–Trinajstić information content (AvgIpc) is 2.71. The first-order chi connectivity index (χ1) is 14.0. The maximum atomic E-state index is 11.9. The van der Waals surface area contributed by atoms with Gasteiger partial charge in [0.1, 0.15) is 6.54 Å². The number of benzene rings is 1. The summed E-state index contributed by atoms with van der Waals surface area (Å²) in [4.78, 5) is 21.7. The number of nitrogens with one attached hydrogen (secondary N) is 2. The number of carbonyl (C=O) groups is 1. The van der Waals surface area contributed by atoms with Gasteiger partial charge in [-0.3, -0.25) is 4.79 Å². The lowest BCUT2D eigenvalue weighted by Crippen LogP contribution is -2.49. The highest BCUT2D eigenvalue weighted by Gasteiger charge is 2.19. The van der Waals surface area contributed by atoms with E-state index in [4.69, 9.17) is 11.6 Å². The molecule has 1 heterocycles. The van der Waals surface area contributed by atoms with Gasteiger partial charge in [-0.15, -0.1) is 11.8 Å². The number of amides is 1. The Kier molecular flexibility index (Phi) is 10.7. The normalized spacial score (nSPS) is 15.9. The lowest BCUT2D eigenvalue weighted by atomic mass is 10.1. The minimum atomic E-state index is -0.000552. The number of guanidine groups is 1. The molecule has 162 valence electrons. The Hall–Kier alpha value is -1.44. The summed E-state index contributed by atoms with van der Waals surface area (Å²) in [5, 5.41) is 7.67. The highest BCUT2D eigenvalue weighted by molar-refractivity contribution is 7.99. The van der Waals surface area contributed by atoms with Crippen LogP contribution in [-0.4, -0.2) is 80.3 Å². The third-order valence-corrected chi connectivity index (χ3v) is 6.08. The van der Waals surface area contributed by atoms with E-state index in [1.165, 1.54) is 17.9 Å². The monoisotopic (exact) mass is 439 g/mol. The van der Waals surface area contributed by atoms with Crippen LogP contribution in [0.25, 0.3) is 0 Å². The zero-order chi connectivity index (χ0) is 21.1. The van der Waals surface area contributed by atoms with Gasteiger partial charge in [-0.05, 0) is 50.1 Å². The number of hydrogen-bond donors (Lipinski definition) is 2. The highest BCUT2D eigenvalue weighted by Crippen LogP contribution is 2.19. The molecule has 1 aromatic carbocycles. The molecular formula is C21H34ClN5OS. The Morgan fingerprint density at radius 3 is 2.59 bits per heavy atom. The zero-order valence-electron chi connectivity index (χ0n) is 17.8. The second kappa shape index (κ2) is 13.0. The van der Waals surface area contributed by atoms with Crippen LogP contribution >= 0.6 is 23.4 Å². The summed E-state index contributed by atoms with van der Waals surface area (Å²) in [7, 11) is 3.51. The lowest BCUT2D eigenvalue weighted by molar-refractivity contribution is -0.127. The molecular weight excluding hydrogens is 406 g/mol. The fraction of sp³-hybridized carbons (Fsp3) is 0.619. The van der Waals surface area contributed by atoms with Crippen molar-refractivity contribution in [3.05, 3.63) is 29.3 Å². The van der Waals surface area contributed by atoms with E-state index in [1.807, 2.05) is 24.3 Å². The molecule has 1 aliphatic heterocycles. The summed E-state index contributed by atoms with van der Waals surface area (Å²) in [6.07, 6.45) is 3.40. The van der Waals surface area contributed by atoms with E-state index in [0.717, 1.165) is 49.2 Å². The predicted octanol–water partition coefficient (Wildman–Crippen LogP) is 2.93. The first-order valence-corrected chi connectivity index (χ1v) is 11.7. The summed E-state index contributed by atoms with van der Waals surface area (Å²) in [5.41, 5.74) is 0. The molecule has 0 aromatic heterocycles. The van der Waals surface area contributed by atoms with Gasteiger partial charge in [0, 0.05) is 55.4 Å². The third kappa shape index (κ3) is 9.28. The summed E-state index contributed by atoms with van der Waals surface area (Å²) in [6.45, 7) is 6.54. The number of carbonyl (C=O) groups excluding carboxylic acids is 1. The van der Waals surface area contributed by atoms with Crippen LogP contribution in [0, 0.1) is 0 Å². The Morgan fingerprint density at radius 2 is 1.97 bits per heavy atom. The van der Waals surface area contributed by atoms with Crippen LogP contribution in [-0.2, 0) is 4.79 Å². The molecule has 0 unspecified atom stereocenters. The molecule has 1 amide bonds. The van der Waals surface area contributed by atoms with Crippen molar-refractivity contribution >= 4 is 35.2 Å². The van der Waals surface area contributed by atoms with Gasteiger partial charge in [-0.1, -0.05) is 18.5 Å². The van der Waals surface area contributed by atoms with Crippen LogP contribution in [0.4, 0.5) is 0 Å². The SMILES string of the molecule is CCCN1CCC(NC(=NCC(=O)N(C)C)NCCSc2ccc(Cl)cc2)CC1. The number of rotatable bonds is 9. The van der Waals surface area contributed by atoms with E-state index in [9.17, 15) is 4.79 Å². The van der Waals surface area contributed by atoms with Crippen LogP contribution in [0.5, 0.6) is 0 Å². The van der Waals surface area contributed by atoms with E-state index < -0.39 is 0 Å². The summed E-state index contributed by atoms with van der Waals surface area (Å²) in [6, 6.07) is 8.26. The molecule has 0 radical (unpaired) electrons. The number of halogens is 1. The van der Waals surface area contributed by atoms with Crippen LogP contribution in [0.2, 0.25) is 5.02 Å². The molecule has 8 heteroatoms. The molecule has 29 heavy (non-hydrogen) atoms. The quantitative estimate of drug-likeness (QED) is 0.268. The van der Waals surface area contributed by atoms with E-state index in [0.29, 0.717) is 6.04 Å². The Bertz CT molecular complexity index is 645. The van der Waals surface area contributed by atoms with Gasteiger partial charge >= 0.3 is 0 Å². The third-order valence-electron chi connectivity index (χ3n) is 4.82. The largest absolute Gasteiger partial charge is 0.356 e. The molecule has 1 aliphatic rings. The maximum absolute atomic E-state index is 11.9. The fourth-order valence-electron chi connectivity index (χ4n) is 3.12. The summed E-state index contributed by atoms with van der Waals surface area (Å²) < 4.78 is 0. The Morgan fingerprint density at radius 1 is 1.28 bits per heavy atom. The molecule has 2 N–H and O–H groups in total. The zero-order valence-corrected chi connectivity index (χ0v) is 19.4. The topological polar surface area (TPSA) is 60.0 Å². The van der Waals surface area contributed by atoms with Crippen molar-refractivity contribution in [1.29, 1.82) is 0 Å². The maximum Gasteiger partial charge on any atom is 0.243 e. The fourth-order valence-corrected chi connectivity index (χ4v) is 4.01. The van der Waals surface area contributed by atoms with Crippen molar-refractivity contribution in [2.45, 2.75) is 37.1 Å². The number of likely N-dealkylation sites (N-methyl/N-ethyl adjacent to an activating group) is 1. The van der Waals surface area contributed by atoms with Crippen molar-refractivity contribution in [2.24, 2.45) is 4.99 Å². The number of nitrogens with zero attached hydrogens (tertiary/aromatic N) is 3. The summed E-state index contributed by atoms with van der Waals surface area (Å²) >= 11 is 7.70. The molecule has 6 nitrogen and oxygen atoms in total. The Labute approximate surface area is 184 Å². The van der Waals surface area contributed by atoms with Crippen molar-refractivity contribution < 1.29 is 4.79 Å². The molecule has 0 saturated carbocycles. The minimum absolute atomic E-state index is 0.000552. The second-order valence-corrected chi connectivity index (χ2v) is 9.05. The van der Waals surface area contributed by atoms with E-state index in [2.05, 4.69) is 27.4 Å². The van der Waals surface area contributed by atoms with Gasteiger partial charge in [0.05, 0.1) is 0 Å². The standard InChI is InChI=1S/C21H34ClN5OS/c1-4-12-27-13-9-18(10-14-27)25-21(24-16-20(28)26(2)3)23-11-15-29-19-7-5-17(22)6-8-19/h5-8,18H,4,9-16H2,1-3H3,(H2,23,24,25). The molecule has 2 rings (SSSR count). The number of hydrogen-bond acceptors (Lipinski definition) is 4. The molecule has 0 bridgehead atoms. The number of thioether (sulfide) groups is 1. The van der Waals surface area contributed by atoms with Gasteiger partial charge in [0.15, 0.2) is 5.96 Å². The minimum Gasteiger partial charge on any atom is -0.356 e. The number of aliphatic imine (C=N–C) groups is 1. The summed E-state index contributed by atoms with van der Waals surface area (Å²) in [5.74, 6) is 1.63. The predicted molar refractivity (Wildman–Crippen MR) is 124 cm³/mol. The van der Waals surface area contributed by atoms with Gasteiger partial charge < -0.3 is 20.4 Å². The Balaban J connectivity index is 1.83. The first kappa shape index (κ1) is 23.8. The lowest BCUT2D eigenvalue weighted by Gasteiger charge is -2.32. The van der Waals surface area contributed by atoms with E-state index in [1.54, 1.807) is 30.8 Å². The molecule has 1 aromatic rings. The number of likely N-dealkylation sites (tertiary alicyclic amines) is 1. The van der Waals surface area contributed by atoms with Crippen molar-refractivity contribution in [3.8, 4) is 0 Å². The van der Waals surface area contributed by atoms with Crippen LogP contribution in [0.3, 0.4) is 0 Å². The number of piperidine rings is 1. The first-order valence-electron chi connectivity index (χ1n) is 10.3. The molecule has 1 fully saturated rings. The molecule has 0 aliphatic carbocycles. The second-order valence-electron chi connectivity index (χ2n) is 7.44. The van der Waals surface area contributed by atoms with Gasteiger partial charge in [-0.2, -0.15) is 0 Å². The average molecular weight is 440 g/mol.